The van der Waals surface area contributed by atoms with Crippen LogP contribution in [0.15, 0.2) is 36.7 Å². The van der Waals surface area contributed by atoms with Gasteiger partial charge in [-0.3, -0.25) is 4.98 Å². The minimum atomic E-state index is -0.239. The first-order chi connectivity index (χ1) is 7.70. The number of nitrogens with zero attached hydrogens (tertiary/aromatic N) is 1. The van der Waals surface area contributed by atoms with Crippen molar-refractivity contribution in [3.05, 3.63) is 53.6 Å². The fourth-order valence-electron chi connectivity index (χ4n) is 1.61. The number of aryl methyl sites for hydroxylation is 1. The second kappa shape index (κ2) is 4.62. The molecule has 0 aliphatic carbocycles. The molecule has 0 radical (unpaired) electrons. The number of rotatable bonds is 2. The summed E-state index contributed by atoms with van der Waals surface area (Å²) in [5, 5.41) is 0. The van der Waals surface area contributed by atoms with Crippen LogP contribution in [0.3, 0.4) is 0 Å². The Labute approximate surface area is 98.9 Å². The molecule has 0 aliphatic heterocycles. The van der Waals surface area contributed by atoms with Gasteiger partial charge >= 0.3 is 0 Å². The first-order valence-corrected chi connectivity index (χ1v) is 5.50. The number of benzene rings is 1. The standard InChI is InChI=1S/C13H11ClFN/c1-9-2-3-12(15)5-13(9)11-4-10(6-14)7-16-8-11/h2-5,7-8H,6H2,1H3. The molecule has 0 fully saturated rings. The Balaban J connectivity index is 2.53. The maximum atomic E-state index is 13.2. The molecule has 0 atom stereocenters. The molecule has 0 bridgehead atoms. The summed E-state index contributed by atoms with van der Waals surface area (Å²) >= 11 is 5.74. The Bertz CT molecular complexity index is 511. The summed E-state index contributed by atoms with van der Waals surface area (Å²) in [4.78, 5) is 4.10. The summed E-state index contributed by atoms with van der Waals surface area (Å²) in [6.45, 7) is 1.95. The molecule has 1 aromatic heterocycles. The van der Waals surface area contributed by atoms with Crippen LogP contribution < -0.4 is 0 Å². The first-order valence-electron chi connectivity index (χ1n) is 4.97. The molecular formula is C13H11ClFN. The molecule has 0 spiro atoms. The van der Waals surface area contributed by atoms with Gasteiger partial charge in [-0.25, -0.2) is 4.39 Å². The maximum Gasteiger partial charge on any atom is 0.123 e. The van der Waals surface area contributed by atoms with Crippen molar-refractivity contribution in [3.63, 3.8) is 0 Å². The molecule has 2 rings (SSSR count). The Morgan fingerprint density at radius 2 is 2.06 bits per heavy atom. The number of pyridine rings is 1. The summed E-state index contributed by atoms with van der Waals surface area (Å²) in [5.41, 5.74) is 3.72. The molecule has 1 nitrogen and oxygen atoms in total. The van der Waals surface area contributed by atoms with E-state index < -0.39 is 0 Å². The highest BCUT2D eigenvalue weighted by Crippen LogP contribution is 2.24. The van der Waals surface area contributed by atoms with Crippen LogP contribution in [0.2, 0.25) is 0 Å². The van der Waals surface area contributed by atoms with Crippen LogP contribution in [0.1, 0.15) is 11.1 Å². The van der Waals surface area contributed by atoms with E-state index in [2.05, 4.69) is 4.98 Å². The molecule has 0 saturated carbocycles. The van der Waals surface area contributed by atoms with Crippen LogP contribution in [0.4, 0.5) is 4.39 Å². The van der Waals surface area contributed by atoms with Gasteiger partial charge in [-0.05, 0) is 41.8 Å². The minimum absolute atomic E-state index is 0.239. The number of hydrogen-bond acceptors (Lipinski definition) is 1. The van der Waals surface area contributed by atoms with E-state index in [1.165, 1.54) is 12.1 Å². The highest BCUT2D eigenvalue weighted by Gasteiger charge is 2.04. The largest absolute Gasteiger partial charge is 0.264 e. The van der Waals surface area contributed by atoms with Gasteiger partial charge in [0.15, 0.2) is 0 Å². The average Bonchev–Trinajstić information content (AvgIpc) is 2.32. The summed E-state index contributed by atoms with van der Waals surface area (Å²) < 4.78 is 13.2. The highest BCUT2D eigenvalue weighted by molar-refractivity contribution is 6.17. The fourth-order valence-corrected chi connectivity index (χ4v) is 1.76. The number of alkyl halides is 1. The van der Waals surface area contributed by atoms with Crippen LogP contribution in [0.5, 0.6) is 0 Å². The first kappa shape index (κ1) is 11.1. The van der Waals surface area contributed by atoms with E-state index in [4.69, 9.17) is 11.6 Å². The van der Waals surface area contributed by atoms with Crippen LogP contribution in [-0.2, 0) is 5.88 Å². The highest BCUT2D eigenvalue weighted by atomic mass is 35.5. The van der Waals surface area contributed by atoms with Crippen molar-refractivity contribution in [2.75, 3.05) is 0 Å². The van der Waals surface area contributed by atoms with Gasteiger partial charge in [-0.1, -0.05) is 6.07 Å². The minimum Gasteiger partial charge on any atom is -0.264 e. The van der Waals surface area contributed by atoms with Gasteiger partial charge in [-0.15, -0.1) is 11.6 Å². The van der Waals surface area contributed by atoms with Crippen molar-refractivity contribution in [1.82, 2.24) is 4.98 Å². The normalized spacial score (nSPS) is 10.4. The number of hydrogen-bond donors (Lipinski definition) is 0. The second-order valence-electron chi connectivity index (χ2n) is 3.67. The van der Waals surface area contributed by atoms with Gasteiger partial charge in [0, 0.05) is 23.8 Å². The van der Waals surface area contributed by atoms with Crippen molar-refractivity contribution in [3.8, 4) is 11.1 Å². The maximum absolute atomic E-state index is 13.2. The number of aromatic nitrogens is 1. The van der Waals surface area contributed by atoms with Crippen molar-refractivity contribution in [2.24, 2.45) is 0 Å². The van der Waals surface area contributed by atoms with Gasteiger partial charge < -0.3 is 0 Å². The topological polar surface area (TPSA) is 12.9 Å². The van der Waals surface area contributed by atoms with Crippen molar-refractivity contribution in [1.29, 1.82) is 0 Å². The lowest BCUT2D eigenvalue weighted by molar-refractivity contribution is 0.628. The number of halogens is 2. The zero-order valence-corrected chi connectivity index (χ0v) is 9.63. The third-order valence-corrected chi connectivity index (χ3v) is 2.77. The lowest BCUT2D eigenvalue weighted by Crippen LogP contribution is -1.88. The van der Waals surface area contributed by atoms with Crippen molar-refractivity contribution < 1.29 is 4.39 Å². The smallest absolute Gasteiger partial charge is 0.123 e. The molecule has 3 heteroatoms. The van der Waals surface area contributed by atoms with Gasteiger partial charge in [-0.2, -0.15) is 0 Å². The van der Waals surface area contributed by atoms with Crippen LogP contribution in [-0.4, -0.2) is 4.98 Å². The monoisotopic (exact) mass is 235 g/mol. The molecular weight excluding hydrogens is 225 g/mol. The fraction of sp³-hybridized carbons (Fsp3) is 0.154. The molecule has 1 heterocycles. The zero-order valence-electron chi connectivity index (χ0n) is 8.87. The summed E-state index contributed by atoms with van der Waals surface area (Å²) in [5.74, 6) is 0.173. The molecule has 0 aliphatic rings. The van der Waals surface area contributed by atoms with E-state index in [0.717, 1.165) is 22.3 Å². The third-order valence-electron chi connectivity index (χ3n) is 2.46. The Morgan fingerprint density at radius 1 is 1.25 bits per heavy atom. The van der Waals surface area contributed by atoms with E-state index in [0.29, 0.717) is 5.88 Å². The Hall–Kier alpha value is -1.41. The van der Waals surface area contributed by atoms with E-state index in [-0.39, 0.29) is 5.82 Å². The summed E-state index contributed by atoms with van der Waals surface area (Å²) in [6.07, 6.45) is 3.43. The van der Waals surface area contributed by atoms with Gasteiger partial charge in [0.1, 0.15) is 5.82 Å². The Morgan fingerprint density at radius 3 is 2.81 bits per heavy atom. The quantitative estimate of drug-likeness (QED) is 0.719. The van der Waals surface area contributed by atoms with E-state index in [9.17, 15) is 4.39 Å². The van der Waals surface area contributed by atoms with Crippen LogP contribution >= 0.6 is 11.6 Å². The molecule has 0 amide bonds. The lowest BCUT2D eigenvalue weighted by atomic mass is 10.0. The van der Waals surface area contributed by atoms with Crippen LogP contribution in [0, 0.1) is 12.7 Å². The molecule has 2 aromatic rings. The predicted octanol–water partition coefficient (Wildman–Crippen LogP) is 3.93. The predicted molar refractivity (Wildman–Crippen MR) is 63.9 cm³/mol. The molecule has 0 unspecified atom stereocenters. The van der Waals surface area contributed by atoms with E-state index >= 15 is 0 Å². The molecule has 16 heavy (non-hydrogen) atoms. The average molecular weight is 236 g/mol. The summed E-state index contributed by atoms with van der Waals surface area (Å²) in [7, 11) is 0. The molecule has 1 aromatic carbocycles. The lowest BCUT2D eigenvalue weighted by Gasteiger charge is -2.06. The second-order valence-corrected chi connectivity index (χ2v) is 3.94. The van der Waals surface area contributed by atoms with E-state index in [1.54, 1.807) is 18.5 Å². The molecule has 82 valence electrons. The Kier molecular flexibility index (Phi) is 3.20. The van der Waals surface area contributed by atoms with Crippen molar-refractivity contribution >= 4 is 11.6 Å². The van der Waals surface area contributed by atoms with Crippen LogP contribution in [0.25, 0.3) is 11.1 Å². The molecule has 0 saturated heterocycles. The summed E-state index contributed by atoms with van der Waals surface area (Å²) in [6, 6.07) is 6.67. The zero-order chi connectivity index (χ0) is 11.5. The van der Waals surface area contributed by atoms with Crippen molar-refractivity contribution in [2.45, 2.75) is 12.8 Å². The van der Waals surface area contributed by atoms with E-state index in [1.807, 2.05) is 13.0 Å². The van der Waals surface area contributed by atoms with Gasteiger partial charge in [0.05, 0.1) is 0 Å². The third kappa shape index (κ3) is 2.22. The SMILES string of the molecule is Cc1ccc(F)cc1-c1cncc(CCl)c1. The van der Waals surface area contributed by atoms with Gasteiger partial charge in [0.2, 0.25) is 0 Å². The van der Waals surface area contributed by atoms with Gasteiger partial charge in [0.25, 0.3) is 0 Å². The molecule has 0 N–H and O–H groups in total.